The van der Waals surface area contributed by atoms with Gasteiger partial charge in [-0.1, -0.05) is 36.9 Å². The minimum absolute atomic E-state index is 0.244. The molecule has 0 aromatic heterocycles. The van der Waals surface area contributed by atoms with Crippen molar-refractivity contribution in [3.63, 3.8) is 0 Å². The van der Waals surface area contributed by atoms with Crippen molar-refractivity contribution in [1.82, 2.24) is 0 Å². The number of halogens is 1. The Morgan fingerprint density at radius 1 is 1.16 bits per heavy atom. The van der Waals surface area contributed by atoms with E-state index in [-0.39, 0.29) is 12.4 Å². The molecule has 0 N–H and O–H groups in total. The normalized spacial score (nSPS) is 9.95. The molecule has 0 spiro atoms. The van der Waals surface area contributed by atoms with Crippen molar-refractivity contribution in [2.45, 2.75) is 6.61 Å². The van der Waals surface area contributed by atoms with Crippen molar-refractivity contribution >= 4 is 12.4 Å². The number of aldehydes is 1. The van der Waals surface area contributed by atoms with Crippen LogP contribution in [0.3, 0.4) is 0 Å². The molecule has 0 unspecified atom stereocenters. The van der Waals surface area contributed by atoms with Crippen LogP contribution >= 0.6 is 0 Å². The maximum Gasteiger partial charge on any atom is 0.153 e. The third-order valence-electron chi connectivity index (χ3n) is 2.76. The summed E-state index contributed by atoms with van der Waals surface area (Å²) in [5.74, 6) is -0.188. The Morgan fingerprint density at radius 3 is 2.68 bits per heavy atom. The van der Waals surface area contributed by atoms with E-state index in [1.54, 1.807) is 6.08 Å². The summed E-state index contributed by atoms with van der Waals surface area (Å²) in [6.45, 7) is 3.98. The molecule has 96 valence electrons. The first-order chi connectivity index (χ1) is 9.24. The van der Waals surface area contributed by atoms with E-state index >= 15 is 0 Å². The van der Waals surface area contributed by atoms with Gasteiger partial charge < -0.3 is 4.74 Å². The van der Waals surface area contributed by atoms with Gasteiger partial charge in [-0.2, -0.15) is 0 Å². The number of carbonyl (C=O) groups excluding carboxylic acids is 1. The summed E-state index contributed by atoms with van der Waals surface area (Å²) >= 11 is 0. The molecule has 2 aromatic carbocycles. The molecule has 19 heavy (non-hydrogen) atoms. The van der Waals surface area contributed by atoms with Gasteiger partial charge in [-0.05, 0) is 23.3 Å². The van der Waals surface area contributed by atoms with Crippen molar-refractivity contribution in [1.29, 1.82) is 0 Å². The van der Waals surface area contributed by atoms with Crippen LogP contribution < -0.4 is 4.74 Å². The van der Waals surface area contributed by atoms with Crippen LogP contribution in [0.25, 0.3) is 6.08 Å². The average molecular weight is 256 g/mol. The van der Waals surface area contributed by atoms with Crippen molar-refractivity contribution in [3.05, 3.63) is 71.6 Å². The van der Waals surface area contributed by atoms with Gasteiger partial charge in [0.15, 0.2) is 6.29 Å². The molecule has 2 aromatic rings. The van der Waals surface area contributed by atoms with Gasteiger partial charge in [-0.25, -0.2) is 4.39 Å². The zero-order valence-corrected chi connectivity index (χ0v) is 10.3. The highest BCUT2D eigenvalue weighted by molar-refractivity contribution is 5.79. The largest absolute Gasteiger partial charge is 0.488 e. The van der Waals surface area contributed by atoms with Crippen molar-refractivity contribution in [3.8, 4) is 5.75 Å². The third-order valence-corrected chi connectivity index (χ3v) is 2.76. The number of hydrogen-bond acceptors (Lipinski definition) is 2. The molecule has 3 heteroatoms. The predicted octanol–water partition coefficient (Wildman–Crippen LogP) is 3.86. The molecule has 0 aliphatic rings. The fourth-order valence-corrected chi connectivity index (χ4v) is 1.75. The van der Waals surface area contributed by atoms with Gasteiger partial charge >= 0.3 is 0 Å². The molecule has 0 fully saturated rings. The number of ether oxygens (including phenoxy) is 1. The zero-order valence-electron chi connectivity index (χ0n) is 10.3. The summed E-state index contributed by atoms with van der Waals surface area (Å²) in [6.07, 6.45) is 2.37. The van der Waals surface area contributed by atoms with E-state index in [1.165, 1.54) is 18.2 Å². The van der Waals surface area contributed by atoms with Crippen LogP contribution in [0.5, 0.6) is 5.75 Å². The van der Waals surface area contributed by atoms with Crippen molar-refractivity contribution < 1.29 is 13.9 Å². The Hall–Kier alpha value is -2.42. The molecule has 0 radical (unpaired) electrons. The van der Waals surface area contributed by atoms with Crippen LogP contribution in [0.15, 0.2) is 49.0 Å². The summed E-state index contributed by atoms with van der Waals surface area (Å²) < 4.78 is 18.7. The topological polar surface area (TPSA) is 26.3 Å². The Kier molecular flexibility index (Phi) is 4.08. The number of rotatable bonds is 5. The molecular weight excluding hydrogens is 243 g/mol. The molecule has 0 saturated heterocycles. The maximum absolute atomic E-state index is 13.1. The second kappa shape index (κ2) is 5.96. The number of carbonyl (C=O) groups is 1. The molecule has 0 heterocycles. The summed E-state index contributed by atoms with van der Waals surface area (Å²) in [5.41, 5.74) is 2.21. The van der Waals surface area contributed by atoms with Crippen LogP contribution in [0.1, 0.15) is 21.5 Å². The SMILES string of the molecule is C=Cc1ccccc1COc1cc(F)ccc1C=O. The number of benzene rings is 2. The number of hydrogen-bond donors (Lipinski definition) is 0. The van der Waals surface area contributed by atoms with Gasteiger partial charge in [0.05, 0.1) is 5.56 Å². The predicted molar refractivity (Wildman–Crippen MR) is 72.7 cm³/mol. The van der Waals surface area contributed by atoms with E-state index < -0.39 is 5.82 Å². The monoisotopic (exact) mass is 256 g/mol. The molecule has 0 bridgehead atoms. The molecule has 0 saturated carbocycles. The lowest BCUT2D eigenvalue weighted by Crippen LogP contribution is -2.00. The van der Waals surface area contributed by atoms with Crippen molar-refractivity contribution in [2.24, 2.45) is 0 Å². The zero-order chi connectivity index (χ0) is 13.7. The Labute approximate surface area is 111 Å². The van der Waals surface area contributed by atoms with Crippen LogP contribution in [0, 0.1) is 5.82 Å². The van der Waals surface area contributed by atoms with Gasteiger partial charge in [0.25, 0.3) is 0 Å². The summed E-state index contributed by atoms with van der Waals surface area (Å²) in [7, 11) is 0. The van der Waals surface area contributed by atoms with E-state index in [1.807, 2.05) is 24.3 Å². The highest BCUT2D eigenvalue weighted by Gasteiger charge is 2.06. The van der Waals surface area contributed by atoms with Gasteiger partial charge in [0.1, 0.15) is 18.2 Å². The third kappa shape index (κ3) is 3.07. The molecule has 0 aliphatic carbocycles. The van der Waals surface area contributed by atoms with E-state index in [2.05, 4.69) is 6.58 Å². The first-order valence-corrected chi connectivity index (χ1v) is 5.82. The molecular formula is C16H13FO2. The highest BCUT2D eigenvalue weighted by atomic mass is 19.1. The average Bonchev–Trinajstić information content (AvgIpc) is 2.45. The van der Waals surface area contributed by atoms with Crippen LogP contribution in [-0.2, 0) is 6.61 Å². The Balaban J connectivity index is 2.20. The molecule has 0 amide bonds. The smallest absolute Gasteiger partial charge is 0.153 e. The van der Waals surface area contributed by atoms with Crippen LogP contribution in [-0.4, -0.2) is 6.29 Å². The van der Waals surface area contributed by atoms with Gasteiger partial charge in [0.2, 0.25) is 0 Å². The standard InChI is InChI=1S/C16H13FO2/c1-2-12-5-3-4-6-14(12)11-19-16-9-15(17)8-7-13(16)10-18/h2-10H,1,11H2. The van der Waals surface area contributed by atoms with E-state index in [0.717, 1.165) is 11.1 Å². The molecule has 0 atom stereocenters. The van der Waals surface area contributed by atoms with E-state index in [4.69, 9.17) is 4.74 Å². The second-order valence-electron chi connectivity index (χ2n) is 3.99. The van der Waals surface area contributed by atoms with Gasteiger partial charge in [-0.3, -0.25) is 4.79 Å². The maximum atomic E-state index is 13.1. The molecule has 2 rings (SSSR count). The molecule has 2 nitrogen and oxygen atoms in total. The van der Waals surface area contributed by atoms with Gasteiger partial charge in [-0.15, -0.1) is 0 Å². The van der Waals surface area contributed by atoms with Crippen molar-refractivity contribution in [2.75, 3.05) is 0 Å². The van der Waals surface area contributed by atoms with E-state index in [9.17, 15) is 9.18 Å². The first kappa shape index (κ1) is 13.0. The lowest BCUT2D eigenvalue weighted by Gasteiger charge is -2.10. The highest BCUT2D eigenvalue weighted by Crippen LogP contribution is 2.20. The fraction of sp³-hybridized carbons (Fsp3) is 0.0625. The lowest BCUT2D eigenvalue weighted by molar-refractivity contribution is 0.111. The quantitative estimate of drug-likeness (QED) is 0.759. The fourth-order valence-electron chi connectivity index (χ4n) is 1.75. The van der Waals surface area contributed by atoms with Crippen LogP contribution in [0.4, 0.5) is 4.39 Å². The first-order valence-electron chi connectivity index (χ1n) is 5.82. The lowest BCUT2D eigenvalue weighted by atomic mass is 10.1. The summed E-state index contributed by atoms with van der Waals surface area (Å²) in [4.78, 5) is 10.9. The van der Waals surface area contributed by atoms with E-state index in [0.29, 0.717) is 11.8 Å². The molecule has 0 aliphatic heterocycles. The minimum Gasteiger partial charge on any atom is -0.488 e. The minimum atomic E-state index is -0.433. The van der Waals surface area contributed by atoms with Gasteiger partial charge in [0, 0.05) is 6.07 Å². The summed E-state index contributed by atoms with van der Waals surface area (Å²) in [6, 6.07) is 11.4. The second-order valence-corrected chi connectivity index (χ2v) is 3.99. The Morgan fingerprint density at radius 2 is 1.95 bits per heavy atom. The van der Waals surface area contributed by atoms with Crippen LogP contribution in [0.2, 0.25) is 0 Å². The Bertz CT molecular complexity index is 605. The summed E-state index contributed by atoms with van der Waals surface area (Å²) in [5, 5.41) is 0.